The maximum atomic E-state index is 12.3. The Kier molecular flexibility index (Phi) is 6.92. The monoisotopic (exact) mass is 414 g/mol. The zero-order chi connectivity index (χ0) is 19.3. The summed E-state index contributed by atoms with van der Waals surface area (Å²) in [5, 5.41) is 3.07. The van der Waals surface area contributed by atoms with Gasteiger partial charge in [-0.3, -0.25) is 9.10 Å². The zero-order valence-electron chi connectivity index (χ0n) is 14.4. The summed E-state index contributed by atoms with van der Waals surface area (Å²) in [5.74, 6) is -0.323. The summed E-state index contributed by atoms with van der Waals surface area (Å²) in [5.41, 5.74) is 1.26. The fraction of sp³-hybridized carbons (Fsp3) is 0.278. The summed E-state index contributed by atoms with van der Waals surface area (Å²) in [6.07, 6.45) is 1.02. The summed E-state index contributed by atoms with van der Waals surface area (Å²) >= 11 is 12.1. The molecule has 0 radical (unpaired) electrons. The van der Waals surface area contributed by atoms with Gasteiger partial charge in [-0.25, -0.2) is 8.42 Å². The average molecular weight is 415 g/mol. The number of anilines is 1. The number of carbonyl (C=O) groups is 1. The van der Waals surface area contributed by atoms with Gasteiger partial charge in [0.1, 0.15) is 6.54 Å². The first-order valence-corrected chi connectivity index (χ1v) is 10.5. The molecule has 8 heteroatoms. The van der Waals surface area contributed by atoms with Crippen LogP contribution in [0, 0.1) is 0 Å². The van der Waals surface area contributed by atoms with E-state index >= 15 is 0 Å². The number of nitrogens with zero attached hydrogens (tertiary/aromatic N) is 1. The number of hydrogen-bond donors (Lipinski definition) is 1. The van der Waals surface area contributed by atoms with Crippen LogP contribution in [0.15, 0.2) is 48.5 Å². The quantitative estimate of drug-likeness (QED) is 0.750. The molecule has 140 valence electrons. The highest BCUT2D eigenvalue weighted by Gasteiger charge is 2.24. The number of benzene rings is 2. The van der Waals surface area contributed by atoms with E-state index in [1.54, 1.807) is 12.1 Å². The maximum absolute atomic E-state index is 12.3. The van der Waals surface area contributed by atoms with E-state index in [1.165, 1.54) is 6.07 Å². The minimum absolute atomic E-state index is 0.0880. The van der Waals surface area contributed by atoms with Crippen molar-refractivity contribution in [3.05, 3.63) is 64.1 Å². The third-order valence-corrected chi connectivity index (χ3v) is 5.80. The molecule has 0 spiro atoms. The number of amides is 1. The van der Waals surface area contributed by atoms with Crippen molar-refractivity contribution in [1.82, 2.24) is 5.32 Å². The van der Waals surface area contributed by atoms with Gasteiger partial charge >= 0.3 is 0 Å². The van der Waals surface area contributed by atoms with E-state index in [4.69, 9.17) is 23.2 Å². The number of sulfonamides is 1. The predicted molar refractivity (Wildman–Crippen MR) is 107 cm³/mol. The topological polar surface area (TPSA) is 66.5 Å². The Labute approximate surface area is 164 Å². The van der Waals surface area contributed by atoms with Gasteiger partial charge in [0.15, 0.2) is 0 Å². The molecule has 0 aliphatic rings. The van der Waals surface area contributed by atoms with Crippen LogP contribution in [0.3, 0.4) is 0 Å². The molecule has 0 fully saturated rings. The van der Waals surface area contributed by atoms with E-state index < -0.39 is 15.9 Å². The molecule has 0 saturated carbocycles. The highest BCUT2D eigenvalue weighted by atomic mass is 35.5. The Hall–Kier alpha value is -1.76. The van der Waals surface area contributed by atoms with E-state index in [-0.39, 0.29) is 28.2 Å². The smallest absolute Gasteiger partial charge is 0.240 e. The van der Waals surface area contributed by atoms with Crippen LogP contribution < -0.4 is 9.62 Å². The minimum atomic E-state index is -3.71. The van der Waals surface area contributed by atoms with E-state index in [1.807, 2.05) is 37.3 Å². The summed E-state index contributed by atoms with van der Waals surface area (Å²) in [4.78, 5) is 12.3. The highest BCUT2D eigenvalue weighted by molar-refractivity contribution is 7.92. The lowest BCUT2D eigenvalue weighted by Gasteiger charge is -2.23. The van der Waals surface area contributed by atoms with Crippen LogP contribution in [0.2, 0.25) is 10.0 Å². The van der Waals surface area contributed by atoms with Crippen LogP contribution in [0.25, 0.3) is 0 Å². The summed E-state index contributed by atoms with van der Waals surface area (Å²) in [7, 11) is -3.71. The Balaban J connectivity index is 2.09. The molecule has 0 aliphatic carbocycles. The van der Waals surface area contributed by atoms with Crippen molar-refractivity contribution in [1.29, 1.82) is 0 Å². The van der Waals surface area contributed by atoms with Gasteiger partial charge in [-0.1, -0.05) is 66.5 Å². The summed E-state index contributed by atoms with van der Waals surface area (Å²) in [6.45, 7) is 2.00. The molecular weight excluding hydrogens is 395 g/mol. The largest absolute Gasteiger partial charge is 0.354 e. The number of hydrogen-bond acceptors (Lipinski definition) is 3. The standard InChI is InChI=1S/C18H20Cl2N2O3S/c1-13(14-7-4-3-5-8-14)11-21-17(23)12-22(26(2,24)25)16-10-6-9-15(19)18(16)20/h3-10,13H,11-12H2,1-2H3,(H,21,23). The van der Waals surface area contributed by atoms with Gasteiger partial charge in [0, 0.05) is 6.54 Å². The molecule has 0 aromatic heterocycles. The van der Waals surface area contributed by atoms with Crippen LogP contribution >= 0.6 is 23.2 Å². The van der Waals surface area contributed by atoms with Crippen molar-refractivity contribution in [2.75, 3.05) is 23.7 Å². The van der Waals surface area contributed by atoms with Crippen LogP contribution in [0.4, 0.5) is 5.69 Å². The lowest BCUT2D eigenvalue weighted by Crippen LogP contribution is -2.41. The van der Waals surface area contributed by atoms with Gasteiger partial charge in [0.2, 0.25) is 15.9 Å². The van der Waals surface area contributed by atoms with Gasteiger partial charge in [-0.15, -0.1) is 0 Å². The molecule has 1 atom stereocenters. The van der Waals surface area contributed by atoms with Crippen molar-refractivity contribution in [2.24, 2.45) is 0 Å². The van der Waals surface area contributed by atoms with Crippen molar-refractivity contribution in [3.8, 4) is 0 Å². The van der Waals surface area contributed by atoms with Gasteiger partial charge < -0.3 is 5.32 Å². The SMILES string of the molecule is CC(CNC(=O)CN(c1cccc(Cl)c1Cl)S(C)(=O)=O)c1ccccc1. The Bertz CT molecular complexity index is 873. The first-order valence-electron chi connectivity index (χ1n) is 7.93. The Morgan fingerprint density at radius 2 is 1.77 bits per heavy atom. The van der Waals surface area contributed by atoms with E-state index in [0.29, 0.717) is 6.54 Å². The van der Waals surface area contributed by atoms with Crippen LogP contribution in [0.1, 0.15) is 18.4 Å². The summed E-state index contributed by atoms with van der Waals surface area (Å²) < 4.78 is 25.2. The van der Waals surface area contributed by atoms with Crippen molar-refractivity contribution in [2.45, 2.75) is 12.8 Å². The molecule has 5 nitrogen and oxygen atoms in total. The summed E-state index contributed by atoms with van der Waals surface area (Å²) in [6, 6.07) is 14.4. The van der Waals surface area contributed by atoms with E-state index in [9.17, 15) is 13.2 Å². The number of nitrogens with one attached hydrogen (secondary N) is 1. The molecule has 1 amide bonds. The second kappa shape index (κ2) is 8.75. The van der Waals surface area contributed by atoms with E-state index in [0.717, 1.165) is 16.1 Å². The van der Waals surface area contributed by atoms with Gasteiger partial charge in [-0.05, 0) is 23.6 Å². The molecule has 2 aromatic carbocycles. The Morgan fingerprint density at radius 1 is 1.12 bits per heavy atom. The van der Waals surface area contributed by atoms with Crippen molar-refractivity contribution >= 4 is 44.8 Å². The van der Waals surface area contributed by atoms with E-state index in [2.05, 4.69) is 5.32 Å². The lowest BCUT2D eigenvalue weighted by molar-refractivity contribution is -0.119. The third kappa shape index (κ3) is 5.37. The molecule has 1 unspecified atom stereocenters. The lowest BCUT2D eigenvalue weighted by atomic mass is 10.0. The van der Waals surface area contributed by atoms with Crippen LogP contribution in [0.5, 0.6) is 0 Å². The number of halogens is 2. The first kappa shape index (κ1) is 20.6. The van der Waals surface area contributed by atoms with Crippen LogP contribution in [-0.2, 0) is 14.8 Å². The molecule has 2 rings (SSSR count). The predicted octanol–water partition coefficient (Wildman–Crippen LogP) is 3.68. The van der Waals surface area contributed by atoms with Gasteiger partial charge in [0.05, 0.1) is 22.0 Å². The number of carbonyl (C=O) groups excluding carboxylic acids is 1. The average Bonchev–Trinajstić information content (AvgIpc) is 2.60. The van der Waals surface area contributed by atoms with Crippen LogP contribution in [-0.4, -0.2) is 33.7 Å². The molecule has 2 aromatic rings. The minimum Gasteiger partial charge on any atom is -0.354 e. The maximum Gasteiger partial charge on any atom is 0.240 e. The molecular formula is C18H20Cl2N2O3S. The second-order valence-corrected chi connectivity index (χ2v) is 8.65. The second-order valence-electron chi connectivity index (χ2n) is 5.96. The fourth-order valence-electron chi connectivity index (χ4n) is 2.42. The van der Waals surface area contributed by atoms with Gasteiger partial charge in [-0.2, -0.15) is 0 Å². The fourth-order valence-corrected chi connectivity index (χ4v) is 3.73. The number of rotatable bonds is 7. The molecule has 0 saturated heterocycles. The molecule has 1 N–H and O–H groups in total. The Morgan fingerprint density at radius 3 is 2.38 bits per heavy atom. The van der Waals surface area contributed by atoms with Crippen molar-refractivity contribution < 1.29 is 13.2 Å². The third-order valence-electron chi connectivity index (χ3n) is 3.86. The molecule has 26 heavy (non-hydrogen) atoms. The molecule has 0 bridgehead atoms. The molecule has 0 heterocycles. The van der Waals surface area contributed by atoms with Crippen molar-refractivity contribution in [3.63, 3.8) is 0 Å². The first-order chi connectivity index (χ1) is 12.2. The zero-order valence-corrected chi connectivity index (χ0v) is 16.8. The highest BCUT2D eigenvalue weighted by Crippen LogP contribution is 2.33. The molecule has 0 aliphatic heterocycles. The normalized spacial score (nSPS) is 12.5. The van der Waals surface area contributed by atoms with Gasteiger partial charge in [0.25, 0.3) is 0 Å².